The molecule has 2 aliphatic rings. The summed E-state index contributed by atoms with van der Waals surface area (Å²) in [7, 11) is 1.88. The molecule has 2 aliphatic heterocycles. The van der Waals surface area contributed by atoms with Crippen LogP contribution in [0.15, 0.2) is 53.5 Å². The highest BCUT2D eigenvalue weighted by Crippen LogP contribution is 2.25. The summed E-state index contributed by atoms with van der Waals surface area (Å²) in [6.07, 6.45) is 2.03. The summed E-state index contributed by atoms with van der Waals surface area (Å²) >= 11 is 0. The molecule has 0 amide bonds. The third kappa shape index (κ3) is 5.85. The Bertz CT molecular complexity index is 804. The first-order valence-corrected chi connectivity index (χ1v) is 10.3. The van der Waals surface area contributed by atoms with Gasteiger partial charge in [-0.2, -0.15) is 0 Å². The Morgan fingerprint density at radius 3 is 2.59 bits per heavy atom. The molecule has 4 rings (SSSR count). The quantitative estimate of drug-likeness (QED) is 0.385. The van der Waals surface area contributed by atoms with Crippen LogP contribution in [-0.4, -0.2) is 62.1 Å². The predicted octanol–water partition coefficient (Wildman–Crippen LogP) is 3.18. The van der Waals surface area contributed by atoms with E-state index in [1.54, 1.807) is 0 Å². The number of ether oxygens (including phenoxy) is 1. The fourth-order valence-corrected chi connectivity index (χ4v) is 4.01. The summed E-state index contributed by atoms with van der Waals surface area (Å²) in [5.74, 6) is 2.07. The highest BCUT2D eigenvalue weighted by Gasteiger charge is 2.19. The van der Waals surface area contributed by atoms with Crippen LogP contribution in [0.1, 0.15) is 16.7 Å². The van der Waals surface area contributed by atoms with Gasteiger partial charge in [0.05, 0.1) is 6.61 Å². The monoisotopic (exact) mass is 506 g/mol. The summed E-state index contributed by atoms with van der Waals surface area (Å²) in [4.78, 5) is 9.40. The Balaban J connectivity index is 0.00000240. The summed E-state index contributed by atoms with van der Waals surface area (Å²) in [6, 6.07) is 17.3. The summed E-state index contributed by atoms with van der Waals surface area (Å²) in [6.45, 7) is 6.92. The van der Waals surface area contributed by atoms with Gasteiger partial charge in [0.15, 0.2) is 5.96 Å². The van der Waals surface area contributed by atoms with E-state index in [1.165, 1.54) is 16.7 Å². The number of halogens is 1. The second-order valence-corrected chi connectivity index (χ2v) is 7.51. The van der Waals surface area contributed by atoms with Crippen LogP contribution in [0.3, 0.4) is 0 Å². The van der Waals surface area contributed by atoms with Crippen molar-refractivity contribution in [3.63, 3.8) is 0 Å². The van der Waals surface area contributed by atoms with E-state index in [1.807, 2.05) is 7.05 Å². The number of hydrogen-bond acceptors (Lipinski definition) is 3. The van der Waals surface area contributed by atoms with E-state index in [0.717, 1.165) is 70.4 Å². The van der Waals surface area contributed by atoms with Gasteiger partial charge in [-0.3, -0.25) is 9.89 Å². The third-order valence-electron chi connectivity index (χ3n) is 5.58. The van der Waals surface area contributed by atoms with Crippen LogP contribution in [0.5, 0.6) is 5.75 Å². The lowest BCUT2D eigenvalue weighted by Gasteiger charge is -2.36. The van der Waals surface area contributed by atoms with Crippen LogP contribution < -0.4 is 10.1 Å². The maximum Gasteiger partial charge on any atom is 0.193 e. The minimum Gasteiger partial charge on any atom is -0.493 e. The average molecular weight is 506 g/mol. The van der Waals surface area contributed by atoms with Crippen LogP contribution in [0.25, 0.3) is 0 Å². The van der Waals surface area contributed by atoms with Gasteiger partial charge < -0.3 is 15.0 Å². The van der Waals surface area contributed by atoms with Crippen molar-refractivity contribution < 1.29 is 4.74 Å². The number of nitrogens with zero attached hydrogens (tertiary/aromatic N) is 3. The fraction of sp³-hybridized carbons (Fsp3) is 0.435. The summed E-state index contributed by atoms with van der Waals surface area (Å²) < 4.78 is 5.59. The van der Waals surface area contributed by atoms with Crippen LogP contribution in [0, 0.1) is 0 Å². The Kier molecular flexibility index (Phi) is 8.18. The Morgan fingerprint density at radius 2 is 1.83 bits per heavy atom. The first-order chi connectivity index (χ1) is 13.8. The summed E-state index contributed by atoms with van der Waals surface area (Å²) in [5.41, 5.74) is 4.09. The average Bonchev–Trinajstić information content (AvgIpc) is 3.21. The van der Waals surface area contributed by atoms with Crippen LogP contribution >= 0.6 is 24.0 Å². The molecule has 1 fully saturated rings. The number of aliphatic imine (C=N–C) groups is 1. The number of nitrogens with one attached hydrogen (secondary N) is 1. The molecular formula is C23H31IN4O. The number of benzene rings is 2. The maximum absolute atomic E-state index is 5.59. The zero-order chi connectivity index (χ0) is 19.2. The number of fused-ring (bicyclic) bond motifs is 1. The molecule has 156 valence electrons. The minimum absolute atomic E-state index is 0. The third-order valence-corrected chi connectivity index (χ3v) is 5.58. The molecule has 0 spiro atoms. The van der Waals surface area contributed by atoms with E-state index in [2.05, 4.69) is 68.6 Å². The normalized spacial score (nSPS) is 16.7. The van der Waals surface area contributed by atoms with Gasteiger partial charge in [0, 0.05) is 52.7 Å². The standard InChI is InChI=1S/C23H30N4O.HI/c1-24-23(25-11-9-19-7-8-22-21(17-19)10-16-28-22)27-14-12-26(13-15-27)18-20-5-3-2-4-6-20;/h2-8,17H,9-16,18H2,1H3,(H,24,25);1H. The zero-order valence-corrected chi connectivity index (χ0v) is 19.5. The number of piperazine rings is 1. The Morgan fingerprint density at radius 1 is 1.03 bits per heavy atom. The van der Waals surface area contributed by atoms with Gasteiger partial charge in [-0.05, 0) is 29.2 Å². The lowest BCUT2D eigenvalue weighted by molar-refractivity contribution is 0.172. The maximum atomic E-state index is 5.59. The minimum atomic E-state index is 0. The van der Waals surface area contributed by atoms with Gasteiger partial charge in [0.2, 0.25) is 0 Å². The van der Waals surface area contributed by atoms with Crippen molar-refractivity contribution in [3.05, 3.63) is 65.2 Å². The predicted molar refractivity (Wildman–Crippen MR) is 129 cm³/mol. The van der Waals surface area contributed by atoms with Crippen molar-refractivity contribution >= 4 is 29.9 Å². The molecule has 0 saturated carbocycles. The van der Waals surface area contributed by atoms with Crippen molar-refractivity contribution in [1.82, 2.24) is 15.1 Å². The van der Waals surface area contributed by atoms with Gasteiger partial charge >= 0.3 is 0 Å². The van der Waals surface area contributed by atoms with Crippen molar-refractivity contribution in [2.75, 3.05) is 46.4 Å². The lowest BCUT2D eigenvalue weighted by Crippen LogP contribution is -2.52. The number of hydrogen-bond donors (Lipinski definition) is 1. The fourth-order valence-electron chi connectivity index (χ4n) is 4.01. The van der Waals surface area contributed by atoms with E-state index in [-0.39, 0.29) is 24.0 Å². The molecular weight excluding hydrogens is 475 g/mol. The molecule has 5 nitrogen and oxygen atoms in total. The van der Waals surface area contributed by atoms with Crippen LogP contribution in [0.4, 0.5) is 0 Å². The largest absolute Gasteiger partial charge is 0.493 e. The first kappa shape index (κ1) is 21.9. The van der Waals surface area contributed by atoms with E-state index in [4.69, 9.17) is 4.74 Å². The Labute approximate surface area is 191 Å². The lowest BCUT2D eigenvalue weighted by atomic mass is 10.1. The van der Waals surface area contributed by atoms with Gasteiger partial charge in [-0.25, -0.2) is 0 Å². The van der Waals surface area contributed by atoms with Crippen molar-refractivity contribution in [3.8, 4) is 5.75 Å². The molecule has 0 aliphatic carbocycles. The highest BCUT2D eigenvalue weighted by molar-refractivity contribution is 14.0. The van der Waals surface area contributed by atoms with E-state index < -0.39 is 0 Å². The van der Waals surface area contributed by atoms with E-state index >= 15 is 0 Å². The van der Waals surface area contributed by atoms with Crippen LogP contribution in [0.2, 0.25) is 0 Å². The molecule has 0 bridgehead atoms. The van der Waals surface area contributed by atoms with Gasteiger partial charge in [-0.1, -0.05) is 42.5 Å². The van der Waals surface area contributed by atoms with Gasteiger partial charge in [-0.15, -0.1) is 24.0 Å². The topological polar surface area (TPSA) is 40.1 Å². The second kappa shape index (κ2) is 10.8. The Hall–Kier alpha value is -1.80. The molecule has 2 aromatic carbocycles. The van der Waals surface area contributed by atoms with Crippen molar-refractivity contribution in [1.29, 1.82) is 0 Å². The van der Waals surface area contributed by atoms with E-state index in [0.29, 0.717) is 0 Å². The highest BCUT2D eigenvalue weighted by atomic mass is 127. The molecule has 0 unspecified atom stereocenters. The number of guanidine groups is 1. The molecule has 2 aromatic rings. The molecule has 2 heterocycles. The molecule has 29 heavy (non-hydrogen) atoms. The van der Waals surface area contributed by atoms with Crippen molar-refractivity contribution in [2.45, 2.75) is 19.4 Å². The van der Waals surface area contributed by atoms with Crippen LogP contribution in [-0.2, 0) is 19.4 Å². The second-order valence-electron chi connectivity index (χ2n) is 7.51. The first-order valence-electron chi connectivity index (χ1n) is 10.3. The molecule has 1 N–H and O–H groups in total. The van der Waals surface area contributed by atoms with E-state index in [9.17, 15) is 0 Å². The zero-order valence-electron chi connectivity index (χ0n) is 17.1. The molecule has 6 heteroatoms. The van der Waals surface area contributed by atoms with Gasteiger partial charge in [0.25, 0.3) is 0 Å². The SMILES string of the molecule is CN=C(NCCc1ccc2c(c1)CCO2)N1CCN(Cc2ccccc2)CC1.I. The molecule has 0 radical (unpaired) electrons. The summed E-state index contributed by atoms with van der Waals surface area (Å²) in [5, 5.41) is 3.55. The molecule has 0 aromatic heterocycles. The smallest absolute Gasteiger partial charge is 0.193 e. The van der Waals surface area contributed by atoms with Gasteiger partial charge in [0.1, 0.15) is 5.75 Å². The van der Waals surface area contributed by atoms with Crippen molar-refractivity contribution in [2.24, 2.45) is 4.99 Å². The number of rotatable bonds is 5. The molecule has 1 saturated heterocycles. The molecule has 0 atom stereocenters.